The molecule has 0 bridgehead atoms. The molecule has 86 valence electrons. The van der Waals surface area contributed by atoms with Gasteiger partial charge < -0.3 is 10.2 Å². The van der Waals surface area contributed by atoms with Gasteiger partial charge in [-0.1, -0.05) is 13.3 Å². The highest BCUT2D eigenvalue weighted by atomic mass is 16.4. The van der Waals surface area contributed by atoms with Gasteiger partial charge >= 0.3 is 11.9 Å². The fourth-order valence-electron chi connectivity index (χ4n) is 1.38. The average Bonchev–Trinajstić information content (AvgIpc) is 2.25. The van der Waals surface area contributed by atoms with Gasteiger partial charge in [-0.25, -0.2) is 14.6 Å². The molecule has 0 atom stereocenters. The van der Waals surface area contributed by atoms with Crippen molar-refractivity contribution in [1.29, 1.82) is 0 Å². The lowest BCUT2D eigenvalue weighted by molar-refractivity contribution is 0.0674. The number of aromatic nitrogens is 1. The van der Waals surface area contributed by atoms with Crippen LogP contribution in [-0.2, 0) is 6.42 Å². The molecule has 1 heterocycles. The van der Waals surface area contributed by atoms with Crippen molar-refractivity contribution in [2.75, 3.05) is 0 Å². The van der Waals surface area contributed by atoms with Crippen molar-refractivity contribution in [1.82, 2.24) is 4.98 Å². The van der Waals surface area contributed by atoms with E-state index in [0.29, 0.717) is 12.0 Å². The molecular formula is C11H13NO4. The molecule has 0 aromatic carbocycles. The summed E-state index contributed by atoms with van der Waals surface area (Å²) in [5, 5.41) is 17.7. The highest BCUT2D eigenvalue weighted by Crippen LogP contribution is 2.13. The summed E-state index contributed by atoms with van der Waals surface area (Å²) in [6, 6.07) is 1.33. The first kappa shape index (κ1) is 12.2. The molecule has 0 fully saturated rings. The molecule has 5 heteroatoms. The number of nitrogens with zero attached hydrogens (tertiary/aromatic N) is 1. The molecule has 0 aliphatic heterocycles. The summed E-state index contributed by atoms with van der Waals surface area (Å²) >= 11 is 0. The summed E-state index contributed by atoms with van der Waals surface area (Å²) in [5.74, 6) is -2.22. The minimum Gasteiger partial charge on any atom is -0.478 e. The molecule has 2 N–H and O–H groups in total. The number of unbranched alkanes of at least 4 members (excludes halogenated alkanes) is 1. The third-order valence-electron chi connectivity index (χ3n) is 2.24. The van der Waals surface area contributed by atoms with Crippen molar-refractivity contribution in [2.24, 2.45) is 0 Å². The first-order chi connectivity index (χ1) is 7.56. The number of carboxylic acid groups (broad SMARTS) is 2. The van der Waals surface area contributed by atoms with Gasteiger partial charge in [-0.3, -0.25) is 0 Å². The largest absolute Gasteiger partial charge is 0.478 e. The van der Waals surface area contributed by atoms with E-state index in [-0.39, 0.29) is 11.3 Å². The lowest BCUT2D eigenvalue weighted by atomic mass is 10.0. The van der Waals surface area contributed by atoms with Gasteiger partial charge in [0.1, 0.15) is 5.69 Å². The predicted molar refractivity (Wildman–Crippen MR) is 56.8 cm³/mol. The molecule has 0 aliphatic carbocycles. The summed E-state index contributed by atoms with van der Waals surface area (Å²) in [6.45, 7) is 1.99. The monoisotopic (exact) mass is 223 g/mol. The maximum absolute atomic E-state index is 10.9. The van der Waals surface area contributed by atoms with Gasteiger partial charge in [0.2, 0.25) is 0 Å². The van der Waals surface area contributed by atoms with Gasteiger partial charge in [-0.15, -0.1) is 0 Å². The van der Waals surface area contributed by atoms with Gasteiger partial charge in [0.05, 0.1) is 5.56 Å². The van der Waals surface area contributed by atoms with E-state index < -0.39 is 11.9 Å². The minimum atomic E-state index is -1.14. The first-order valence-corrected chi connectivity index (χ1v) is 5.01. The van der Waals surface area contributed by atoms with Crippen LogP contribution in [0.3, 0.4) is 0 Å². The number of carboxylic acids is 2. The molecule has 0 saturated carbocycles. The third kappa shape index (κ3) is 2.79. The van der Waals surface area contributed by atoms with Crippen molar-refractivity contribution >= 4 is 11.9 Å². The van der Waals surface area contributed by atoms with Crippen molar-refractivity contribution in [3.63, 3.8) is 0 Å². The Balaban J connectivity index is 3.10. The Morgan fingerprint density at radius 1 is 1.31 bits per heavy atom. The van der Waals surface area contributed by atoms with Gasteiger partial charge in [0.25, 0.3) is 0 Å². The molecule has 0 unspecified atom stereocenters. The molecule has 0 saturated heterocycles. The van der Waals surface area contributed by atoms with E-state index in [9.17, 15) is 9.59 Å². The van der Waals surface area contributed by atoms with E-state index in [1.807, 2.05) is 6.92 Å². The number of carbonyl (C=O) groups is 2. The summed E-state index contributed by atoms with van der Waals surface area (Å²) in [6.07, 6.45) is 3.41. The first-order valence-electron chi connectivity index (χ1n) is 5.01. The number of aryl methyl sites for hydroxylation is 1. The van der Waals surface area contributed by atoms with E-state index in [1.54, 1.807) is 0 Å². The molecule has 0 radical (unpaired) electrons. The SMILES string of the molecule is CCCCc1cc(C(=O)O)ncc1C(=O)O. The summed E-state index contributed by atoms with van der Waals surface area (Å²) in [4.78, 5) is 25.2. The van der Waals surface area contributed by atoms with Crippen LogP contribution in [-0.4, -0.2) is 27.1 Å². The van der Waals surface area contributed by atoms with Crippen molar-refractivity contribution in [2.45, 2.75) is 26.2 Å². The van der Waals surface area contributed by atoms with Gasteiger partial charge in [-0.05, 0) is 24.5 Å². The van der Waals surface area contributed by atoms with Crippen LogP contribution in [0.4, 0.5) is 0 Å². The molecule has 0 amide bonds. The van der Waals surface area contributed by atoms with Crippen LogP contribution in [0.25, 0.3) is 0 Å². The highest BCUT2D eigenvalue weighted by Gasteiger charge is 2.14. The quantitative estimate of drug-likeness (QED) is 0.794. The number of pyridine rings is 1. The lowest BCUT2D eigenvalue weighted by Crippen LogP contribution is -2.08. The average molecular weight is 223 g/mol. The fraction of sp³-hybridized carbons (Fsp3) is 0.364. The smallest absolute Gasteiger partial charge is 0.354 e. The zero-order valence-corrected chi connectivity index (χ0v) is 8.93. The van der Waals surface area contributed by atoms with Gasteiger partial charge in [-0.2, -0.15) is 0 Å². The van der Waals surface area contributed by atoms with Crippen molar-refractivity contribution < 1.29 is 19.8 Å². The normalized spacial score (nSPS) is 10.1. The molecule has 0 spiro atoms. The second-order valence-corrected chi connectivity index (χ2v) is 3.44. The Kier molecular flexibility index (Phi) is 3.99. The highest BCUT2D eigenvalue weighted by molar-refractivity contribution is 5.91. The number of rotatable bonds is 5. The maximum atomic E-state index is 10.9. The Morgan fingerprint density at radius 3 is 2.50 bits per heavy atom. The Morgan fingerprint density at radius 2 is 2.00 bits per heavy atom. The van der Waals surface area contributed by atoms with Crippen LogP contribution in [0.5, 0.6) is 0 Å². The van der Waals surface area contributed by atoms with E-state index in [2.05, 4.69) is 4.98 Å². The van der Waals surface area contributed by atoms with Crippen LogP contribution < -0.4 is 0 Å². The predicted octanol–water partition coefficient (Wildman–Crippen LogP) is 1.82. The van der Waals surface area contributed by atoms with E-state index >= 15 is 0 Å². The molecule has 1 aromatic heterocycles. The van der Waals surface area contributed by atoms with Crippen LogP contribution >= 0.6 is 0 Å². The summed E-state index contributed by atoms with van der Waals surface area (Å²) < 4.78 is 0. The van der Waals surface area contributed by atoms with Crippen molar-refractivity contribution in [3.05, 3.63) is 29.1 Å². The number of hydrogen-bond donors (Lipinski definition) is 2. The Hall–Kier alpha value is -1.91. The molecular weight excluding hydrogens is 210 g/mol. The van der Waals surface area contributed by atoms with Crippen LogP contribution in [0.15, 0.2) is 12.3 Å². The molecule has 5 nitrogen and oxygen atoms in total. The minimum absolute atomic E-state index is 0.0819. The standard InChI is InChI=1S/C11H13NO4/c1-2-3-4-7-5-9(11(15)16)12-6-8(7)10(13)14/h5-6H,2-4H2,1H3,(H,13,14)(H,15,16). The van der Waals surface area contributed by atoms with Crippen LogP contribution in [0.1, 0.15) is 46.2 Å². The zero-order valence-electron chi connectivity index (χ0n) is 8.93. The Bertz CT molecular complexity index is 414. The second kappa shape index (κ2) is 5.25. The third-order valence-corrected chi connectivity index (χ3v) is 2.24. The number of aromatic carboxylic acids is 2. The van der Waals surface area contributed by atoms with Crippen LogP contribution in [0.2, 0.25) is 0 Å². The van der Waals surface area contributed by atoms with Gasteiger partial charge in [0.15, 0.2) is 0 Å². The fourth-order valence-corrected chi connectivity index (χ4v) is 1.38. The molecule has 1 aromatic rings. The zero-order chi connectivity index (χ0) is 12.1. The van der Waals surface area contributed by atoms with Crippen LogP contribution in [0, 0.1) is 0 Å². The molecule has 16 heavy (non-hydrogen) atoms. The van der Waals surface area contributed by atoms with Gasteiger partial charge in [0, 0.05) is 6.20 Å². The van der Waals surface area contributed by atoms with Crippen molar-refractivity contribution in [3.8, 4) is 0 Å². The summed E-state index contributed by atoms with van der Waals surface area (Å²) in [7, 11) is 0. The lowest BCUT2D eigenvalue weighted by Gasteiger charge is -2.05. The van der Waals surface area contributed by atoms with E-state index in [4.69, 9.17) is 10.2 Å². The van der Waals surface area contributed by atoms with E-state index in [0.717, 1.165) is 19.0 Å². The topological polar surface area (TPSA) is 87.5 Å². The maximum Gasteiger partial charge on any atom is 0.354 e. The summed E-state index contributed by atoms with van der Waals surface area (Å²) in [5.41, 5.74) is 0.497. The molecule has 0 aliphatic rings. The molecule has 1 rings (SSSR count). The second-order valence-electron chi connectivity index (χ2n) is 3.44. The number of hydrogen-bond acceptors (Lipinski definition) is 3. The van der Waals surface area contributed by atoms with E-state index in [1.165, 1.54) is 6.07 Å². The Labute approximate surface area is 92.8 Å².